The SMILES string of the molecule is CCc1ccc2[cH-]c(-c3ccccc3)cc2c1-c1ccccc1-c1ccccc1.[Cl][Zr+2][Cl].[c-]1cccc2c1[Si]c1ccccc1-2. The average molecular weight is 713 g/mol. The van der Waals surface area contributed by atoms with Gasteiger partial charge in [-0.05, 0) is 28.7 Å². The maximum Gasteiger partial charge on any atom is 0.0920 e. The third kappa shape index (κ3) is 7.06. The number of halogens is 2. The fourth-order valence-corrected chi connectivity index (χ4v) is 7.34. The standard InChI is InChI=1S/C29H23.C12H7Si.2ClH.Zr/c1-2-21-17-18-24-19-25(22-11-5-3-6-12-22)20-28(24)29(21)27-16-10-9-15-26(27)23-13-7-4-8-14-23;1-3-7-11-9(5-1)10-6-2-4-8-12(10)13-11;;;/h3-20H,2H2,1H3;1-7H;2*1H;/q2*-1;;;+4/p-2. The summed E-state index contributed by atoms with van der Waals surface area (Å²) in [5.41, 5.74) is 11.9. The molecule has 0 N–H and O–H groups in total. The molecule has 0 saturated heterocycles. The number of fused-ring (bicyclic) bond motifs is 4. The van der Waals surface area contributed by atoms with E-state index < -0.39 is 20.8 Å². The van der Waals surface area contributed by atoms with Gasteiger partial charge < -0.3 is 0 Å². The largest absolute Gasteiger partial charge is 0.184 e. The van der Waals surface area contributed by atoms with E-state index >= 15 is 0 Å². The van der Waals surface area contributed by atoms with E-state index in [2.05, 4.69) is 159 Å². The van der Waals surface area contributed by atoms with Crippen LogP contribution in [0.4, 0.5) is 0 Å². The van der Waals surface area contributed by atoms with Crippen LogP contribution in [0.15, 0.2) is 152 Å². The Morgan fingerprint density at radius 3 is 1.96 bits per heavy atom. The first kappa shape index (κ1) is 31.6. The second-order valence-corrected chi connectivity index (χ2v) is 15.7. The molecule has 7 aromatic carbocycles. The normalized spacial score (nSPS) is 10.9. The summed E-state index contributed by atoms with van der Waals surface area (Å²) in [5, 5.41) is 5.47. The van der Waals surface area contributed by atoms with Gasteiger partial charge in [0.15, 0.2) is 0 Å². The van der Waals surface area contributed by atoms with Crippen LogP contribution in [0, 0.1) is 6.07 Å². The second-order valence-electron chi connectivity index (χ2n) is 10.7. The Kier molecular flexibility index (Phi) is 10.7. The Bertz CT molecular complexity index is 1970. The number of aryl methyl sites for hydroxylation is 1. The number of hydrogen-bond acceptors (Lipinski definition) is 0. The summed E-state index contributed by atoms with van der Waals surface area (Å²) in [4.78, 5) is 0. The van der Waals surface area contributed by atoms with Crippen LogP contribution >= 0.6 is 17.0 Å². The van der Waals surface area contributed by atoms with Crippen molar-refractivity contribution in [3.8, 4) is 44.5 Å². The maximum atomic E-state index is 4.93. The van der Waals surface area contributed by atoms with Gasteiger partial charge in [0.2, 0.25) is 0 Å². The third-order valence-electron chi connectivity index (χ3n) is 8.08. The quantitative estimate of drug-likeness (QED) is 0.126. The number of rotatable bonds is 4. The summed E-state index contributed by atoms with van der Waals surface area (Å²) in [7, 11) is 10.7. The summed E-state index contributed by atoms with van der Waals surface area (Å²) in [6.07, 6.45) is 1.01. The zero-order chi connectivity index (χ0) is 31.0. The molecule has 45 heavy (non-hydrogen) atoms. The molecule has 7 aromatic rings. The molecule has 8 rings (SSSR count). The smallest absolute Gasteiger partial charge is 0.0920 e. The monoisotopic (exact) mass is 710 g/mol. The van der Waals surface area contributed by atoms with Crippen molar-refractivity contribution in [3.63, 3.8) is 0 Å². The van der Waals surface area contributed by atoms with Gasteiger partial charge in [-0.3, -0.25) is 0 Å². The van der Waals surface area contributed by atoms with Gasteiger partial charge in [0.1, 0.15) is 0 Å². The van der Waals surface area contributed by atoms with E-state index in [9.17, 15) is 0 Å². The molecule has 4 heteroatoms. The van der Waals surface area contributed by atoms with Crippen molar-refractivity contribution in [1.82, 2.24) is 0 Å². The maximum absolute atomic E-state index is 4.93. The van der Waals surface area contributed by atoms with Gasteiger partial charge in [-0.25, -0.2) is 0 Å². The predicted octanol–water partition coefficient (Wildman–Crippen LogP) is 10.6. The second kappa shape index (κ2) is 15.3. The van der Waals surface area contributed by atoms with E-state index in [0.717, 1.165) is 15.9 Å². The van der Waals surface area contributed by atoms with Crippen molar-refractivity contribution >= 4 is 47.7 Å². The molecule has 0 nitrogen and oxygen atoms in total. The summed E-state index contributed by atoms with van der Waals surface area (Å²) in [5.74, 6) is 0. The molecular weight excluding hydrogens is 683 g/mol. The van der Waals surface area contributed by atoms with Crippen molar-refractivity contribution in [1.29, 1.82) is 0 Å². The van der Waals surface area contributed by atoms with Crippen LogP contribution in [0.2, 0.25) is 0 Å². The number of benzene rings is 6. The van der Waals surface area contributed by atoms with Crippen LogP contribution in [0.1, 0.15) is 12.5 Å². The molecule has 2 radical (unpaired) electrons. The summed E-state index contributed by atoms with van der Waals surface area (Å²) in [6, 6.07) is 57.6. The Hall–Kier alpha value is -3.39. The molecule has 1 aliphatic rings. The summed E-state index contributed by atoms with van der Waals surface area (Å²) in [6.45, 7) is 2.25. The predicted molar refractivity (Wildman–Crippen MR) is 193 cm³/mol. The van der Waals surface area contributed by atoms with Crippen molar-refractivity contribution in [2.45, 2.75) is 13.3 Å². The molecule has 0 bridgehead atoms. The molecule has 0 unspecified atom stereocenters. The Labute approximate surface area is 287 Å². The van der Waals surface area contributed by atoms with Crippen LogP contribution in [0.5, 0.6) is 0 Å². The Morgan fingerprint density at radius 1 is 0.644 bits per heavy atom. The minimum atomic E-state index is -0.826. The Balaban J connectivity index is 0.000000184. The minimum absolute atomic E-state index is 0.795. The Morgan fingerprint density at radius 2 is 1.24 bits per heavy atom. The molecule has 0 atom stereocenters. The van der Waals surface area contributed by atoms with Gasteiger partial charge >= 0.3 is 37.9 Å². The molecule has 0 amide bonds. The first-order valence-electron chi connectivity index (χ1n) is 15.0. The van der Waals surface area contributed by atoms with Gasteiger partial charge in [-0.2, -0.15) is 29.5 Å². The van der Waals surface area contributed by atoms with Gasteiger partial charge in [0.05, 0.1) is 9.52 Å². The van der Waals surface area contributed by atoms with E-state index in [1.165, 1.54) is 71.2 Å². The zero-order valence-corrected chi connectivity index (χ0v) is 29.9. The van der Waals surface area contributed by atoms with Crippen LogP contribution in [0.25, 0.3) is 55.3 Å². The molecule has 0 spiro atoms. The van der Waals surface area contributed by atoms with Gasteiger partial charge in [0.25, 0.3) is 0 Å². The molecule has 216 valence electrons. The molecule has 0 aromatic heterocycles. The molecule has 0 aliphatic carbocycles. The summed E-state index contributed by atoms with van der Waals surface area (Å²) >= 11 is -0.826. The van der Waals surface area contributed by atoms with Gasteiger partial charge in [-0.15, -0.1) is 40.1 Å². The average Bonchev–Trinajstić information content (AvgIpc) is 3.71. The van der Waals surface area contributed by atoms with Crippen LogP contribution in [0.3, 0.4) is 0 Å². The zero-order valence-electron chi connectivity index (χ0n) is 24.9. The van der Waals surface area contributed by atoms with Crippen molar-refractivity contribution < 1.29 is 20.8 Å². The number of hydrogen-bond donors (Lipinski definition) is 0. The van der Waals surface area contributed by atoms with Crippen molar-refractivity contribution in [2.24, 2.45) is 0 Å². The van der Waals surface area contributed by atoms with E-state index in [1.54, 1.807) is 0 Å². The van der Waals surface area contributed by atoms with Crippen LogP contribution in [-0.4, -0.2) is 9.52 Å². The van der Waals surface area contributed by atoms with E-state index in [4.69, 9.17) is 17.0 Å². The molecule has 0 fully saturated rings. The molecule has 1 aliphatic heterocycles. The first-order chi connectivity index (χ1) is 22.2. The molecule has 1 heterocycles. The van der Waals surface area contributed by atoms with Crippen LogP contribution < -0.4 is 10.4 Å². The van der Waals surface area contributed by atoms with E-state index in [1.807, 2.05) is 6.07 Å². The topological polar surface area (TPSA) is 0 Å². The fourth-order valence-electron chi connectivity index (χ4n) is 6.03. The van der Waals surface area contributed by atoms with Crippen molar-refractivity contribution in [2.75, 3.05) is 0 Å². The van der Waals surface area contributed by atoms with Gasteiger partial charge in [-0.1, -0.05) is 144 Å². The van der Waals surface area contributed by atoms with E-state index in [-0.39, 0.29) is 0 Å². The van der Waals surface area contributed by atoms with Gasteiger partial charge in [0, 0.05) is 0 Å². The molecule has 0 saturated carbocycles. The van der Waals surface area contributed by atoms with E-state index in [0.29, 0.717) is 0 Å². The first-order valence-corrected chi connectivity index (χ1v) is 22.3. The third-order valence-corrected chi connectivity index (χ3v) is 9.45. The summed E-state index contributed by atoms with van der Waals surface area (Å²) < 4.78 is 0. The molecular formula is C41H30Cl2SiZr. The van der Waals surface area contributed by atoms with Crippen molar-refractivity contribution in [3.05, 3.63) is 163 Å². The van der Waals surface area contributed by atoms with Crippen LogP contribution in [-0.2, 0) is 27.3 Å². The fraction of sp³-hybridized carbons (Fsp3) is 0.0488. The minimum Gasteiger partial charge on any atom is -0.184 e.